The summed E-state index contributed by atoms with van der Waals surface area (Å²) in [6.45, 7) is 11.6. The summed E-state index contributed by atoms with van der Waals surface area (Å²) in [6, 6.07) is 0. The summed E-state index contributed by atoms with van der Waals surface area (Å²) >= 11 is 0. The van der Waals surface area contributed by atoms with Crippen molar-refractivity contribution in [3.05, 3.63) is 22.8 Å². The lowest BCUT2D eigenvalue weighted by Crippen LogP contribution is -2.18. The molecule has 0 aliphatic heterocycles. The van der Waals surface area contributed by atoms with E-state index in [9.17, 15) is 0 Å². The van der Waals surface area contributed by atoms with Gasteiger partial charge in [-0.2, -0.15) is 0 Å². The van der Waals surface area contributed by atoms with Crippen molar-refractivity contribution in [2.24, 2.45) is 5.41 Å². The van der Waals surface area contributed by atoms with Crippen LogP contribution in [-0.2, 0) is 0 Å². The Labute approximate surface area is 108 Å². The molecule has 0 bridgehead atoms. The maximum Gasteiger partial charge on any atom is -0.0280 e. The van der Waals surface area contributed by atoms with E-state index in [-0.39, 0.29) is 0 Å². The average molecular weight is 234 g/mol. The van der Waals surface area contributed by atoms with Crippen LogP contribution < -0.4 is 0 Å². The van der Waals surface area contributed by atoms with Crippen molar-refractivity contribution in [2.75, 3.05) is 0 Å². The van der Waals surface area contributed by atoms with Gasteiger partial charge in [-0.3, -0.25) is 0 Å². The van der Waals surface area contributed by atoms with Gasteiger partial charge in [0.05, 0.1) is 0 Å². The van der Waals surface area contributed by atoms with Gasteiger partial charge in [0.25, 0.3) is 0 Å². The minimum atomic E-state index is 0.602. The first-order chi connectivity index (χ1) is 8.06. The predicted molar refractivity (Wildman–Crippen MR) is 78.2 cm³/mol. The molecule has 0 amide bonds. The molecule has 0 fully saturated rings. The molecule has 0 aromatic rings. The summed E-state index contributed by atoms with van der Waals surface area (Å²) in [5, 5.41) is 0. The third kappa shape index (κ3) is 3.72. The third-order valence-electron chi connectivity index (χ3n) is 5.14. The summed E-state index contributed by atoms with van der Waals surface area (Å²) in [7, 11) is 0. The first-order valence-electron chi connectivity index (χ1n) is 7.42. The molecule has 0 radical (unpaired) electrons. The van der Waals surface area contributed by atoms with E-state index in [1.165, 1.54) is 50.5 Å². The van der Waals surface area contributed by atoms with Crippen molar-refractivity contribution in [1.82, 2.24) is 0 Å². The van der Waals surface area contributed by atoms with Crippen LogP contribution in [0.5, 0.6) is 0 Å². The van der Waals surface area contributed by atoms with Gasteiger partial charge >= 0.3 is 0 Å². The Morgan fingerprint density at radius 1 is 1.00 bits per heavy atom. The second kappa shape index (κ2) is 6.42. The molecule has 0 unspecified atom stereocenters. The smallest absolute Gasteiger partial charge is 0.0280 e. The summed E-state index contributed by atoms with van der Waals surface area (Å²) in [6.07, 6.45) is 11.7. The second-order valence-electron chi connectivity index (χ2n) is 5.83. The van der Waals surface area contributed by atoms with E-state index in [0.29, 0.717) is 5.41 Å². The molecule has 0 aromatic carbocycles. The summed E-state index contributed by atoms with van der Waals surface area (Å²) in [5.41, 5.74) is 5.39. The molecular formula is C17H30. The fraction of sp³-hybridized carbons (Fsp3) is 0.765. The zero-order chi connectivity index (χ0) is 12.9. The minimum absolute atomic E-state index is 0.602. The normalized spacial score (nSPS) is 17.4. The van der Waals surface area contributed by atoms with Gasteiger partial charge < -0.3 is 0 Å². The Kier molecular flexibility index (Phi) is 5.49. The Hall–Kier alpha value is -0.520. The van der Waals surface area contributed by atoms with Crippen molar-refractivity contribution >= 4 is 0 Å². The van der Waals surface area contributed by atoms with Crippen LogP contribution in [0.1, 0.15) is 79.6 Å². The van der Waals surface area contributed by atoms with Crippen LogP contribution >= 0.6 is 0 Å². The van der Waals surface area contributed by atoms with Gasteiger partial charge in [0.15, 0.2) is 0 Å². The summed E-state index contributed by atoms with van der Waals surface area (Å²) in [5.74, 6) is 0. The highest BCUT2D eigenvalue weighted by Crippen LogP contribution is 2.38. The van der Waals surface area contributed by atoms with Gasteiger partial charge in [0.1, 0.15) is 0 Å². The van der Waals surface area contributed by atoms with E-state index >= 15 is 0 Å². The van der Waals surface area contributed by atoms with Crippen LogP contribution in [0.2, 0.25) is 0 Å². The third-order valence-corrected chi connectivity index (χ3v) is 5.14. The van der Waals surface area contributed by atoms with Crippen LogP contribution in [0.3, 0.4) is 0 Å². The Balaban J connectivity index is 2.59. The van der Waals surface area contributed by atoms with Gasteiger partial charge in [-0.05, 0) is 44.9 Å². The van der Waals surface area contributed by atoms with E-state index in [1.807, 2.05) is 0 Å². The molecule has 1 rings (SSSR count). The second-order valence-corrected chi connectivity index (χ2v) is 5.83. The molecule has 1 aliphatic rings. The molecular weight excluding hydrogens is 204 g/mol. The highest BCUT2D eigenvalue weighted by atomic mass is 14.3. The van der Waals surface area contributed by atoms with E-state index in [1.54, 1.807) is 11.1 Å². The zero-order valence-corrected chi connectivity index (χ0v) is 12.5. The quantitative estimate of drug-likeness (QED) is 0.525. The Morgan fingerprint density at radius 3 is 2.06 bits per heavy atom. The van der Waals surface area contributed by atoms with Crippen molar-refractivity contribution < 1.29 is 0 Å². The molecule has 0 nitrogen and oxygen atoms in total. The molecule has 0 N–H and O–H groups in total. The lowest BCUT2D eigenvalue weighted by molar-refractivity contribution is 0.228. The topological polar surface area (TPSA) is 0 Å². The van der Waals surface area contributed by atoms with Crippen molar-refractivity contribution in [3.63, 3.8) is 0 Å². The number of rotatable bonds is 6. The molecule has 98 valence electrons. The molecule has 0 atom stereocenters. The summed E-state index contributed by atoms with van der Waals surface area (Å²) < 4.78 is 0. The first-order valence-corrected chi connectivity index (χ1v) is 7.42. The highest BCUT2D eigenvalue weighted by molar-refractivity contribution is 5.31. The number of hydrogen-bond donors (Lipinski definition) is 0. The van der Waals surface area contributed by atoms with Crippen LogP contribution in [0.4, 0.5) is 0 Å². The van der Waals surface area contributed by atoms with Crippen LogP contribution in [0, 0.1) is 5.41 Å². The monoisotopic (exact) mass is 234 g/mol. The average Bonchev–Trinajstić information content (AvgIpc) is 2.36. The van der Waals surface area contributed by atoms with Gasteiger partial charge in [-0.25, -0.2) is 0 Å². The number of hydrogen-bond acceptors (Lipinski definition) is 0. The fourth-order valence-corrected chi connectivity index (χ4v) is 2.95. The summed E-state index contributed by atoms with van der Waals surface area (Å²) in [4.78, 5) is 0. The maximum atomic E-state index is 2.45. The Morgan fingerprint density at radius 2 is 1.59 bits per heavy atom. The Bertz CT molecular complexity index is 292. The van der Waals surface area contributed by atoms with Gasteiger partial charge in [0.2, 0.25) is 0 Å². The molecule has 0 heterocycles. The van der Waals surface area contributed by atoms with Gasteiger partial charge in [-0.1, -0.05) is 62.8 Å². The van der Waals surface area contributed by atoms with Crippen molar-refractivity contribution in [2.45, 2.75) is 79.6 Å². The van der Waals surface area contributed by atoms with Crippen LogP contribution in [-0.4, -0.2) is 0 Å². The highest BCUT2D eigenvalue weighted by Gasteiger charge is 2.23. The van der Waals surface area contributed by atoms with E-state index in [4.69, 9.17) is 0 Å². The largest absolute Gasteiger partial charge is 0.0701 e. The van der Waals surface area contributed by atoms with E-state index < -0.39 is 0 Å². The maximum absolute atomic E-state index is 2.45. The lowest BCUT2D eigenvalue weighted by atomic mass is 9.74. The standard InChI is InChI=1S/C17H30/c1-6-17(7-2,8-3)12-11-16-10-9-14(4)15(5)13-16/h13H,6-12H2,1-5H3. The molecule has 17 heavy (non-hydrogen) atoms. The fourth-order valence-electron chi connectivity index (χ4n) is 2.95. The van der Waals surface area contributed by atoms with Crippen molar-refractivity contribution in [3.8, 4) is 0 Å². The zero-order valence-electron chi connectivity index (χ0n) is 12.5. The molecule has 0 saturated heterocycles. The molecule has 0 aromatic heterocycles. The predicted octanol–water partition coefficient (Wildman–Crippen LogP) is 6.04. The van der Waals surface area contributed by atoms with E-state index in [0.717, 1.165) is 0 Å². The SMILES string of the molecule is CCC(CC)(CC)CCC1=CC(C)=C(C)CC1. The number of allylic oxidation sites excluding steroid dienone is 4. The van der Waals surface area contributed by atoms with Gasteiger partial charge in [0, 0.05) is 0 Å². The van der Waals surface area contributed by atoms with E-state index in [2.05, 4.69) is 40.7 Å². The molecule has 0 saturated carbocycles. The van der Waals surface area contributed by atoms with Crippen LogP contribution in [0.25, 0.3) is 0 Å². The minimum Gasteiger partial charge on any atom is -0.0701 e. The van der Waals surface area contributed by atoms with Gasteiger partial charge in [-0.15, -0.1) is 0 Å². The van der Waals surface area contributed by atoms with Crippen molar-refractivity contribution in [1.29, 1.82) is 0 Å². The lowest BCUT2D eigenvalue weighted by Gasteiger charge is -2.31. The molecule has 0 spiro atoms. The molecule has 1 aliphatic carbocycles. The first kappa shape index (κ1) is 14.5. The van der Waals surface area contributed by atoms with Crippen LogP contribution in [0.15, 0.2) is 22.8 Å². The molecule has 0 heteroatoms.